The smallest absolute Gasteiger partial charge is 0.242 e. The third kappa shape index (κ3) is 4.46. The summed E-state index contributed by atoms with van der Waals surface area (Å²) in [4.78, 5) is -0.0219. The van der Waals surface area contributed by atoms with E-state index in [9.17, 15) is 16.8 Å². The fourth-order valence-electron chi connectivity index (χ4n) is 1.37. The monoisotopic (exact) mass is 307 g/mol. The number of para-hydroxylation sites is 1. The van der Waals surface area contributed by atoms with Crippen LogP contribution in [-0.2, 0) is 19.9 Å². The van der Waals surface area contributed by atoms with Crippen molar-refractivity contribution in [2.45, 2.75) is 11.8 Å². The van der Waals surface area contributed by atoms with Crippen LogP contribution in [0.25, 0.3) is 0 Å². The van der Waals surface area contributed by atoms with Gasteiger partial charge in [-0.25, -0.2) is 21.6 Å². The summed E-state index contributed by atoms with van der Waals surface area (Å²) in [6.07, 6.45) is 0. The summed E-state index contributed by atoms with van der Waals surface area (Å²) in [5.74, 6) is 4.98. The first-order valence-corrected chi connectivity index (χ1v) is 8.88. The first-order valence-electron chi connectivity index (χ1n) is 5.58. The van der Waals surface area contributed by atoms with Crippen LogP contribution in [0, 0.1) is 0 Å². The molecule has 0 heterocycles. The quantitative estimate of drug-likeness (QED) is 0.469. The molecule has 108 valence electrons. The maximum Gasteiger partial charge on any atom is 0.242 e. The Hall–Kier alpha value is -1.16. The summed E-state index contributed by atoms with van der Waals surface area (Å²) in [7, 11) is -7.00. The van der Waals surface area contributed by atoms with Crippen LogP contribution >= 0.6 is 0 Å². The number of sulfonamides is 1. The summed E-state index contributed by atoms with van der Waals surface area (Å²) in [5.41, 5.74) is 2.53. The molecular weight excluding hydrogens is 290 g/mol. The van der Waals surface area contributed by atoms with Crippen molar-refractivity contribution in [3.63, 3.8) is 0 Å². The average Bonchev–Trinajstić information content (AvgIpc) is 2.38. The van der Waals surface area contributed by atoms with E-state index in [-0.39, 0.29) is 28.6 Å². The lowest BCUT2D eigenvalue weighted by Gasteiger charge is -2.10. The molecule has 0 fully saturated rings. The first kappa shape index (κ1) is 15.9. The Kier molecular flexibility index (Phi) is 5.29. The lowest BCUT2D eigenvalue weighted by Crippen LogP contribution is -2.30. The van der Waals surface area contributed by atoms with E-state index in [4.69, 9.17) is 5.84 Å². The van der Waals surface area contributed by atoms with Gasteiger partial charge in [0.15, 0.2) is 9.84 Å². The number of hydrazine groups is 1. The molecule has 1 rings (SSSR count). The van der Waals surface area contributed by atoms with E-state index in [0.717, 1.165) is 0 Å². The molecule has 1 aromatic carbocycles. The number of hydrogen-bond acceptors (Lipinski definition) is 6. The highest BCUT2D eigenvalue weighted by atomic mass is 32.2. The van der Waals surface area contributed by atoms with Crippen molar-refractivity contribution in [2.75, 3.05) is 23.5 Å². The van der Waals surface area contributed by atoms with Crippen LogP contribution in [0.3, 0.4) is 0 Å². The third-order valence-corrected chi connectivity index (χ3v) is 5.70. The van der Waals surface area contributed by atoms with Gasteiger partial charge in [0.1, 0.15) is 4.90 Å². The van der Waals surface area contributed by atoms with Crippen molar-refractivity contribution < 1.29 is 16.8 Å². The molecule has 0 aliphatic heterocycles. The largest absolute Gasteiger partial charge is 0.323 e. The van der Waals surface area contributed by atoms with E-state index in [2.05, 4.69) is 10.1 Å². The van der Waals surface area contributed by atoms with Crippen LogP contribution < -0.4 is 16.0 Å². The molecule has 7 nitrogen and oxygen atoms in total. The second kappa shape index (κ2) is 6.33. The minimum Gasteiger partial charge on any atom is -0.323 e. The summed E-state index contributed by atoms with van der Waals surface area (Å²) in [6.45, 7) is 1.34. The Morgan fingerprint density at radius 3 is 2.37 bits per heavy atom. The van der Waals surface area contributed by atoms with Crippen LogP contribution in [-0.4, -0.2) is 34.9 Å². The lowest BCUT2D eigenvalue weighted by molar-refractivity contribution is 0.581. The molecule has 4 N–H and O–H groups in total. The average molecular weight is 307 g/mol. The Bertz CT molecular complexity index is 626. The van der Waals surface area contributed by atoms with Crippen LogP contribution in [0.2, 0.25) is 0 Å². The molecule has 0 bridgehead atoms. The van der Waals surface area contributed by atoms with Gasteiger partial charge in [0.2, 0.25) is 10.0 Å². The van der Waals surface area contributed by atoms with Crippen LogP contribution in [0.15, 0.2) is 29.2 Å². The number of anilines is 1. The molecule has 0 unspecified atom stereocenters. The van der Waals surface area contributed by atoms with E-state index < -0.39 is 19.9 Å². The van der Waals surface area contributed by atoms with E-state index in [1.165, 1.54) is 19.1 Å². The SMILES string of the molecule is CCS(=O)(=O)CCNS(=O)(=O)c1ccccc1NN. The van der Waals surface area contributed by atoms with Gasteiger partial charge in [0, 0.05) is 12.3 Å². The van der Waals surface area contributed by atoms with Crippen LogP contribution in [0.5, 0.6) is 0 Å². The van der Waals surface area contributed by atoms with Crippen molar-refractivity contribution in [3.8, 4) is 0 Å². The summed E-state index contributed by atoms with van der Waals surface area (Å²) in [5, 5.41) is 0. The number of benzene rings is 1. The fraction of sp³-hybridized carbons (Fsp3) is 0.400. The van der Waals surface area contributed by atoms with E-state index in [1.54, 1.807) is 12.1 Å². The van der Waals surface area contributed by atoms with Gasteiger partial charge in [-0.2, -0.15) is 0 Å². The predicted molar refractivity (Wildman–Crippen MR) is 73.8 cm³/mol. The van der Waals surface area contributed by atoms with Gasteiger partial charge in [-0.05, 0) is 12.1 Å². The van der Waals surface area contributed by atoms with E-state index >= 15 is 0 Å². The Morgan fingerprint density at radius 1 is 1.16 bits per heavy atom. The van der Waals surface area contributed by atoms with Gasteiger partial charge in [0.25, 0.3) is 0 Å². The van der Waals surface area contributed by atoms with Gasteiger partial charge in [-0.3, -0.25) is 5.84 Å². The summed E-state index contributed by atoms with van der Waals surface area (Å²) < 4.78 is 48.8. The fourth-order valence-corrected chi connectivity index (χ4v) is 3.41. The molecule has 19 heavy (non-hydrogen) atoms. The van der Waals surface area contributed by atoms with E-state index in [1.807, 2.05) is 0 Å². The zero-order valence-corrected chi connectivity index (χ0v) is 12.1. The van der Waals surface area contributed by atoms with Gasteiger partial charge in [-0.1, -0.05) is 19.1 Å². The zero-order chi connectivity index (χ0) is 14.5. The van der Waals surface area contributed by atoms with Crippen LogP contribution in [0.1, 0.15) is 6.92 Å². The molecule has 0 aliphatic rings. The van der Waals surface area contributed by atoms with Gasteiger partial charge in [-0.15, -0.1) is 0 Å². The van der Waals surface area contributed by atoms with Crippen molar-refractivity contribution in [2.24, 2.45) is 5.84 Å². The zero-order valence-electron chi connectivity index (χ0n) is 10.5. The minimum atomic E-state index is -3.79. The maximum absolute atomic E-state index is 12.0. The Morgan fingerprint density at radius 2 is 1.79 bits per heavy atom. The normalized spacial score (nSPS) is 12.3. The molecule has 0 saturated carbocycles. The highest BCUT2D eigenvalue weighted by Gasteiger charge is 2.18. The number of nitrogen functional groups attached to an aromatic ring is 1. The number of hydrogen-bond donors (Lipinski definition) is 3. The number of nitrogens with one attached hydrogen (secondary N) is 2. The highest BCUT2D eigenvalue weighted by Crippen LogP contribution is 2.18. The Labute approximate surface area is 113 Å². The van der Waals surface area contributed by atoms with Gasteiger partial charge < -0.3 is 5.43 Å². The molecule has 0 spiro atoms. The molecular formula is C10H17N3O4S2. The Balaban J connectivity index is 2.82. The van der Waals surface area contributed by atoms with Crippen molar-refractivity contribution in [3.05, 3.63) is 24.3 Å². The van der Waals surface area contributed by atoms with Crippen molar-refractivity contribution >= 4 is 25.5 Å². The van der Waals surface area contributed by atoms with Crippen molar-refractivity contribution in [1.29, 1.82) is 0 Å². The maximum atomic E-state index is 12.0. The summed E-state index contributed by atoms with van der Waals surface area (Å²) >= 11 is 0. The molecule has 9 heteroatoms. The van der Waals surface area contributed by atoms with Gasteiger partial charge in [0.05, 0.1) is 11.4 Å². The standard InChI is InChI=1S/C10H17N3O4S2/c1-2-18(14,15)8-7-12-19(16,17)10-6-4-3-5-9(10)13-11/h3-6,12-13H,2,7-8,11H2,1H3. The molecule has 0 radical (unpaired) electrons. The van der Waals surface area contributed by atoms with Crippen molar-refractivity contribution in [1.82, 2.24) is 4.72 Å². The topological polar surface area (TPSA) is 118 Å². The molecule has 0 atom stereocenters. The molecule has 1 aromatic rings. The molecule has 0 amide bonds. The second-order valence-corrected chi connectivity index (χ2v) is 7.98. The number of sulfone groups is 1. The predicted octanol–water partition coefficient (Wildman–Crippen LogP) is -0.315. The lowest BCUT2D eigenvalue weighted by atomic mass is 10.3. The molecule has 0 aliphatic carbocycles. The van der Waals surface area contributed by atoms with E-state index in [0.29, 0.717) is 0 Å². The second-order valence-electron chi connectivity index (χ2n) is 3.77. The summed E-state index contributed by atoms with van der Waals surface area (Å²) in [6, 6.07) is 6.08. The minimum absolute atomic E-state index is 0.0182. The van der Waals surface area contributed by atoms with Crippen LogP contribution in [0.4, 0.5) is 5.69 Å². The van der Waals surface area contributed by atoms with Gasteiger partial charge >= 0.3 is 0 Å². The number of rotatable bonds is 7. The third-order valence-electron chi connectivity index (χ3n) is 2.48. The molecule has 0 saturated heterocycles. The molecule has 0 aromatic heterocycles. The highest BCUT2D eigenvalue weighted by molar-refractivity contribution is 7.91. The number of nitrogens with two attached hydrogens (primary N) is 1. The first-order chi connectivity index (χ1) is 8.82.